The van der Waals surface area contributed by atoms with E-state index in [1.165, 1.54) is 0 Å². The second-order valence-electron chi connectivity index (χ2n) is 2.58. The van der Waals surface area contributed by atoms with Crippen LogP contribution in [0.1, 0.15) is 6.42 Å². The van der Waals surface area contributed by atoms with Gasteiger partial charge in [0.15, 0.2) is 0 Å². The van der Waals surface area contributed by atoms with Gasteiger partial charge in [0.05, 0.1) is 12.8 Å². The summed E-state index contributed by atoms with van der Waals surface area (Å²) in [6.45, 7) is 0.892. The van der Waals surface area contributed by atoms with Crippen molar-refractivity contribution in [1.29, 1.82) is 0 Å². The predicted molar refractivity (Wildman–Crippen MR) is 48.4 cm³/mol. The Kier molecular flexibility index (Phi) is 4.06. The molecule has 1 rings (SSSR count). The van der Waals surface area contributed by atoms with Gasteiger partial charge < -0.3 is 15.2 Å². The van der Waals surface area contributed by atoms with Crippen molar-refractivity contribution < 1.29 is 13.9 Å². The molecule has 0 aliphatic rings. The molecule has 14 heavy (non-hydrogen) atoms. The number of aromatic nitrogens is 2. The van der Waals surface area contributed by atoms with Gasteiger partial charge >= 0.3 is 0 Å². The average Bonchev–Trinajstić information content (AvgIpc) is 2.18. The zero-order valence-corrected chi connectivity index (χ0v) is 7.86. The second-order valence-corrected chi connectivity index (χ2v) is 2.58. The lowest BCUT2D eigenvalue weighted by molar-refractivity contribution is 0.168. The molecule has 0 aromatic carbocycles. The van der Waals surface area contributed by atoms with Crippen LogP contribution in [0.4, 0.5) is 10.3 Å². The van der Waals surface area contributed by atoms with Crippen molar-refractivity contribution in [3.8, 4) is 5.88 Å². The Hall–Kier alpha value is -1.43. The molecule has 0 amide bonds. The molecule has 0 bridgehead atoms. The van der Waals surface area contributed by atoms with Crippen LogP contribution in [0.2, 0.25) is 0 Å². The van der Waals surface area contributed by atoms with Crippen LogP contribution in [0.3, 0.4) is 0 Å². The Bertz CT molecular complexity index is 296. The fraction of sp³-hybridized carbons (Fsp3) is 0.500. The van der Waals surface area contributed by atoms with Gasteiger partial charge in [-0.05, 0) is 0 Å². The fourth-order valence-corrected chi connectivity index (χ4v) is 0.838. The number of hydrogen-bond acceptors (Lipinski definition) is 5. The number of nitrogens with zero attached hydrogens (tertiary/aromatic N) is 2. The molecule has 1 aromatic heterocycles. The first kappa shape index (κ1) is 10.6. The van der Waals surface area contributed by atoms with Crippen molar-refractivity contribution >= 4 is 5.95 Å². The summed E-state index contributed by atoms with van der Waals surface area (Å²) in [5.41, 5.74) is 5.26. The SMILES string of the molecule is COCCCOc1nc(N)ncc1F. The van der Waals surface area contributed by atoms with Crippen molar-refractivity contribution in [1.82, 2.24) is 9.97 Å². The standard InChI is InChI=1S/C8H12FN3O2/c1-13-3-2-4-14-7-6(9)5-11-8(10)12-7/h5H,2-4H2,1H3,(H2,10,11,12). The zero-order valence-electron chi connectivity index (χ0n) is 7.86. The van der Waals surface area contributed by atoms with Crippen molar-refractivity contribution in [2.75, 3.05) is 26.1 Å². The molecule has 0 spiro atoms. The van der Waals surface area contributed by atoms with Crippen LogP contribution in [0.15, 0.2) is 6.20 Å². The molecule has 6 heteroatoms. The van der Waals surface area contributed by atoms with Gasteiger partial charge in [0.25, 0.3) is 5.88 Å². The molecule has 2 N–H and O–H groups in total. The third kappa shape index (κ3) is 3.14. The van der Waals surface area contributed by atoms with E-state index in [1.54, 1.807) is 7.11 Å². The van der Waals surface area contributed by atoms with Gasteiger partial charge in [0.2, 0.25) is 11.8 Å². The van der Waals surface area contributed by atoms with Crippen LogP contribution in [0, 0.1) is 5.82 Å². The van der Waals surface area contributed by atoms with Crippen LogP contribution in [-0.4, -0.2) is 30.3 Å². The van der Waals surface area contributed by atoms with Crippen LogP contribution in [0.5, 0.6) is 5.88 Å². The largest absolute Gasteiger partial charge is 0.475 e. The maximum atomic E-state index is 12.9. The van der Waals surface area contributed by atoms with E-state index in [0.29, 0.717) is 19.6 Å². The van der Waals surface area contributed by atoms with Crippen LogP contribution >= 0.6 is 0 Å². The monoisotopic (exact) mass is 201 g/mol. The molecule has 0 radical (unpaired) electrons. The van der Waals surface area contributed by atoms with Crippen LogP contribution in [0.25, 0.3) is 0 Å². The lowest BCUT2D eigenvalue weighted by Gasteiger charge is -2.05. The highest BCUT2D eigenvalue weighted by Gasteiger charge is 2.05. The van der Waals surface area contributed by atoms with E-state index in [9.17, 15) is 4.39 Å². The summed E-state index contributed by atoms with van der Waals surface area (Å²) in [6.07, 6.45) is 1.65. The number of nitrogens with two attached hydrogens (primary N) is 1. The van der Waals surface area contributed by atoms with E-state index in [1.807, 2.05) is 0 Å². The van der Waals surface area contributed by atoms with Crippen molar-refractivity contribution in [3.05, 3.63) is 12.0 Å². The number of nitrogen functional groups attached to an aromatic ring is 1. The second kappa shape index (κ2) is 5.33. The predicted octanol–water partition coefficient (Wildman–Crippen LogP) is 0.613. The van der Waals surface area contributed by atoms with Gasteiger partial charge in [-0.1, -0.05) is 0 Å². The molecule has 5 nitrogen and oxygen atoms in total. The molecule has 0 saturated heterocycles. The van der Waals surface area contributed by atoms with Crippen molar-refractivity contribution in [2.45, 2.75) is 6.42 Å². The first-order valence-corrected chi connectivity index (χ1v) is 4.14. The quantitative estimate of drug-likeness (QED) is 0.707. The van der Waals surface area contributed by atoms with Gasteiger partial charge in [0.1, 0.15) is 0 Å². The molecule has 78 valence electrons. The number of halogens is 1. The number of rotatable bonds is 5. The number of ether oxygens (including phenoxy) is 2. The molecule has 0 atom stereocenters. The van der Waals surface area contributed by atoms with Gasteiger partial charge in [0, 0.05) is 20.1 Å². The highest BCUT2D eigenvalue weighted by atomic mass is 19.1. The average molecular weight is 201 g/mol. The Labute approximate surface area is 81.1 Å². The summed E-state index contributed by atoms with van der Waals surface area (Å²) in [6, 6.07) is 0. The maximum absolute atomic E-state index is 12.9. The third-order valence-corrected chi connectivity index (χ3v) is 1.46. The summed E-state index contributed by atoms with van der Waals surface area (Å²) in [4.78, 5) is 7.07. The highest BCUT2D eigenvalue weighted by Crippen LogP contribution is 2.12. The molecule has 1 heterocycles. The molecule has 0 aliphatic carbocycles. The summed E-state index contributed by atoms with van der Waals surface area (Å²) in [5.74, 6) is -0.738. The van der Waals surface area contributed by atoms with Gasteiger partial charge in [-0.3, -0.25) is 0 Å². The van der Waals surface area contributed by atoms with Gasteiger partial charge in [-0.2, -0.15) is 9.37 Å². The van der Waals surface area contributed by atoms with Crippen molar-refractivity contribution in [3.63, 3.8) is 0 Å². The Morgan fingerprint density at radius 2 is 2.29 bits per heavy atom. The minimum absolute atomic E-state index is 0.00635. The van der Waals surface area contributed by atoms with E-state index in [2.05, 4.69) is 9.97 Å². The van der Waals surface area contributed by atoms with Gasteiger partial charge in [-0.15, -0.1) is 0 Å². The molecule has 0 saturated carbocycles. The minimum atomic E-state index is -0.614. The van der Waals surface area contributed by atoms with E-state index >= 15 is 0 Å². The maximum Gasteiger partial charge on any atom is 0.255 e. The molecule has 0 aliphatic heterocycles. The number of hydrogen-bond donors (Lipinski definition) is 1. The van der Waals surface area contributed by atoms with E-state index in [4.69, 9.17) is 15.2 Å². The van der Waals surface area contributed by atoms with Crippen LogP contribution in [-0.2, 0) is 4.74 Å². The summed E-state index contributed by atoms with van der Waals surface area (Å²) in [7, 11) is 1.59. The molecular formula is C8H12FN3O2. The number of anilines is 1. The first-order valence-electron chi connectivity index (χ1n) is 4.14. The fourth-order valence-electron chi connectivity index (χ4n) is 0.838. The molecule has 0 fully saturated rings. The minimum Gasteiger partial charge on any atom is -0.475 e. The smallest absolute Gasteiger partial charge is 0.255 e. The zero-order chi connectivity index (χ0) is 10.4. The van der Waals surface area contributed by atoms with Gasteiger partial charge in [-0.25, -0.2) is 4.98 Å². The normalized spacial score (nSPS) is 10.1. The Morgan fingerprint density at radius 1 is 1.50 bits per heavy atom. The summed E-state index contributed by atoms with van der Waals surface area (Å²) >= 11 is 0. The lowest BCUT2D eigenvalue weighted by atomic mass is 10.5. The molecule has 0 unspecified atom stereocenters. The van der Waals surface area contributed by atoms with E-state index < -0.39 is 5.82 Å². The summed E-state index contributed by atoms with van der Waals surface area (Å²) < 4.78 is 22.8. The summed E-state index contributed by atoms with van der Waals surface area (Å²) in [5, 5.41) is 0. The lowest BCUT2D eigenvalue weighted by Crippen LogP contribution is -2.06. The molecular weight excluding hydrogens is 189 g/mol. The first-order chi connectivity index (χ1) is 6.74. The highest BCUT2D eigenvalue weighted by molar-refractivity contribution is 5.22. The van der Waals surface area contributed by atoms with E-state index in [0.717, 1.165) is 6.20 Å². The topological polar surface area (TPSA) is 70.3 Å². The van der Waals surface area contributed by atoms with Crippen LogP contribution < -0.4 is 10.5 Å². The van der Waals surface area contributed by atoms with Crippen molar-refractivity contribution in [2.24, 2.45) is 0 Å². The number of methoxy groups -OCH3 is 1. The third-order valence-electron chi connectivity index (χ3n) is 1.46. The molecule has 1 aromatic rings. The Balaban J connectivity index is 2.45. The Morgan fingerprint density at radius 3 is 3.00 bits per heavy atom. The van der Waals surface area contributed by atoms with E-state index in [-0.39, 0.29) is 11.8 Å².